The molecule has 5 nitrogen and oxygen atoms in total. The zero-order valence-electron chi connectivity index (χ0n) is 11.6. The van der Waals surface area contributed by atoms with Crippen molar-refractivity contribution in [2.45, 2.75) is 13.5 Å². The van der Waals surface area contributed by atoms with Crippen LogP contribution in [0.15, 0.2) is 29.8 Å². The molecule has 0 fully saturated rings. The Hall–Kier alpha value is -2.08. The first-order chi connectivity index (χ1) is 9.65. The summed E-state index contributed by atoms with van der Waals surface area (Å²) in [4.78, 5) is 17.6. The SMILES string of the molecule is COc1ccc(CN(C(C)=O)c2nccs2)c(OC)c1. The molecule has 0 N–H and O–H groups in total. The molecule has 0 aliphatic carbocycles. The molecule has 0 aliphatic rings. The molecule has 0 unspecified atom stereocenters. The molecule has 1 heterocycles. The minimum absolute atomic E-state index is 0.0576. The monoisotopic (exact) mass is 292 g/mol. The molecule has 0 spiro atoms. The fourth-order valence-electron chi connectivity index (χ4n) is 1.82. The van der Waals surface area contributed by atoms with E-state index in [0.29, 0.717) is 23.2 Å². The molecular weight excluding hydrogens is 276 g/mol. The first-order valence-corrected chi connectivity index (χ1v) is 6.92. The van der Waals surface area contributed by atoms with Crippen LogP contribution >= 0.6 is 11.3 Å². The van der Waals surface area contributed by atoms with Crippen LogP contribution in [0.4, 0.5) is 5.13 Å². The molecule has 20 heavy (non-hydrogen) atoms. The zero-order valence-corrected chi connectivity index (χ0v) is 12.4. The Morgan fingerprint density at radius 1 is 1.35 bits per heavy atom. The molecule has 106 valence electrons. The summed E-state index contributed by atoms with van der Waals surface area (Å²) >= 11 is 1.43. The normalized spacial score (nSPS) is 10.2. The molecule has 2 rings (SSSR count). The Morgan fingerprint density at radius 2 is 2.15 bits per heavy atom. The van der Waals surface area contributed by atoms with Crippen molar-refractivity contribution in [2.75, 3.05) is 19.1 Å². The summed E-state index contributed by atoms with van der Waals surface area (Å²) < 4.78 is 10.5. The number of ether oxygens (including phenoxy) is 2. The van der Waals surface area contributed by atoms with Gasteiger partial charge in [0, 0.05) is 30.1 Å². The number of aromatic nitrogens is 1. The standard InChI is InChI=1S/C14H16N2O3S/c1-10(17)16(14-15-6-7-20-14)9-11-4-5-12(18-2)8-13(11)19-3/h4-8H,9H2,1-3H3. The van der Waals surface area contributed by atoms with E-state index in [-0.39, 0.29) is 5.91 Å². The highest BCUT2D eigenvalue weighted by Crippen LogP contribution is 2.28. The number of amides is 1. The Bertz CT molecular complexity index is 584. The quantitative estimate of drug-likeness (QED) is 0.850. The van der Waals surface area contributed by atoms with Gasteiger partial charge in [0.1, 0.15) is 11.5 Å². The molecule has 1 aromatic carbocycles. The lowest BCUT2D eigenvalue weighted by molar-refractivity contribution is -0.116. The molecule has 0 saturated carbocycles. The third-order valence-electron chi connectivity index (χ3n) is 2.85. The zero-order chi connectivity index (χ0) is 14.5. The van der Waals surface area contributed by atoms with Crippen molar-refractivity contribution < 1.29 is 14.3 Å². The minimum Gasteiger partial charge on any atom is -0.497 e. The van der Waals surface area contributed by atoms with E-state index in [1.165, 1.54) is 18.3 Å². The van der Waals surface area contributed by atoms with Gasteiger partial charge in [-0.05, 0) is 12.1 Å². The number of benzene rings is 1. The number of thiazole rings is 1. The van der Waals surface area contributed by atoms with E-state index in [0.717, 1.165) is 5.56 Å². The van der Waals surface area contributed by atoms with Crippen molar-refractivity contribution in [3.05, 3.63) is 35.3 Å². The fraction of sp³-hybridized carbons (Fsp3) is 0.286. The smallest absolute Gasteiger partial charge is 0.225 e. The predicted octanol–water partition coefficient (Wildman–Crippen LogP) is 2.71. The van der Waals surface area contributed by atoms with Crippen LogP contribution in [0.3, 0.4) is 0 Å². The summed E-state index contributed by atoms with van der Waals surface area (Å²) in [7, 11) is 3.20. The van der Waals surface area contributed by atoms with Gasteiger partial charge in [-0.3, -0.25) is 9.69 Å². The number of hydrogen-bond donors (Lipinski definition) is 0. The number of methoxy groups -OCH3 is 2. The number of carbonyl (C=O) groups excluding carboxylic acids is 1. The third-order valence-corrected chi connectivity index (χ3v) is 3.65. The summed E-state index contributed by atoms with van der Waals surface area (Å²) in [6.07, 6.45) is 1.68. The molecule has 0 radical (unpaired) electrons. The summed E-state index contributed by atoms with van der Waals surface area (Å²) in [5.41, 5.74) is 0.902. The molecule has 0 aliphatic heterocycles. The van der Waals surface area contributed by atoms with Gasteiger partial charge in [0.25, 0.3) is 0 Å². The Labute approximate surface area is 121 Å². The van der Waals surface area contributed by atoms with Crippen molar-refractivity contribution in [2.24, 2.45) is 0 Å². The van der Waals surface area contributed by atoms with Crippen molar-refractivity contribution >= 4 is 22.4 Å². The highest BCUT2D eigenvalue weighted by atomic mass is 32.1. The average molecular weight is 292 g/mol. The summed E-state index contributed by atoms with van der Waals surface area (Å²) in [6, 6.07) is 5.54. The Balaban J connectivity index is 2.29. The highest BCUT2D eigenvalue weighted by molar-refractivity contribution is 7.13. The van der Waals surface area contributed by atoms with E-state index in [1.807, 2.05) is 17.5 Å². The van der Waals surface area contributed by atoms with E-state index in [9.17, 15) is 4.79 Å². The minimum atomic E-state index is -0.0576. The second-order valence-corrected chi connectivity index (χ2v) is 4.97. The molecular formula is C14H16N2O3S. The molecule has 0 atom stereocenters. The van der Waals surface area contributed by atoms with E-state index in [4.69, 9.17) is 9.47 Å². The van der Waals surface area contributed by atoms with Gasteiger partial charge in [-0.15, -0.1) is 11.3 Å². The molecule has 0 bridgehead atoms. The largest absolute Gasteiger partial charge is 0.497 e. The summed E-state index contributed by atoms with van der Waals surface area (Å²) in [5, 5.41) is 2.52. The maximum absolute atomic E-state index is 11.8. The number of hydrogen-bond acceptors (Lipinski definition) is 5. The van der Waals surface area contributed by atoms with E-state index in [2.05, 4.69) is 4.98 Å². The van der Waals surface area contributed by atoms with E-state index >= 15 is 0 Å². The lowest BCUT2D eigenvalue weighted by Crippen LogP contribution is -2.27. The second-order valence-electron chi connectivity index (χ2n) is 4.10. The van der Waals surface area contributed by atoms with Crippen LogP contribution < -0.4 is 14.4 Å². The fourth-order valence-corrected chi connectivity index (χ4v) is 2.50. The van der Waals surface area contributed by atoms with Gasteiger partial charge in [0.2, 0.25) is 5.91 Å². The number of nitrogens with zero attached hydrogens (tertiary/aromatic N) is 2. The predicted molar refractivity (Wildman–Crippen MR) is 78.5 cm³/mol. The van der Waals surface area contributed by atoms with Crippen LogP contribution in [-0.2, 0) is 11.3 Å². The lowest BCUT2D eigenvalue weighted by Gasteiger charge is -2.19. The number of rotatable bonds is 5. The molecule has 0 saturated heterocycles. The topological polar surface area (TPSA) is 51.7 Å². The van der Waals surface area contributed by atoms with Crippen LogP contribution in [0.2, 0.25) is 0 Å². The second kappa shape index (κ2) is 6.38. The van der Waals surface area contributed by atoms with E-state index in [1.54, 1.807) is 31.4 Å². The van der Waals surface area contributed by atoms with E-state index < -0.39 is 0 Å². The molecule has 6 heteroatoms. The van der Waals surface area contributed by atoms with Crippen LogP contribution in [0.5, 0.6) is 11.5 Å². The van der Waals surface area contributed by atoms with Crippen molar-refractivity contribution in [1.82, 2.24) is 4.98 Å². The Morgan fingerprint density at radius 3 is 2.70 bits per heavy atom. The van der Waals surface area contributed by atoms with Crippen molar-refractivity contribution in [3.8, 4) is 11.5 Å². The Kier molecular flexibility index (Phi) is 4.57. The molecule has 1 amide bonds. The third kappa shape index (κ3) is 3.08. The van der Waals surface area contributed by atoms with Crippen LogP contribution in [0, 0.1) is 0 Å². The first kappa shape index (κ1) is 14.3. The number of anilines is 1. The van der Waals surface area contributed by atoms with Crippen LogP contribution in [0.25, 0.3) is 0 Å². The summed E-state index contributed by atoms with van der Waals surface area (Å²) in [6.45, 7) is 1.94. The molecule has 1 aromatic heterocycles. The summed E-state index contributed by atoms with van der Waals surface area (Å²) in [5.74, 6) is 1.35. The van der Waals surface area contributed by atoms with Gasteiger partial charge in [-0.1, -0.05) is 0 Å². The van der Waals surface area contributed by atoms with Crippen molar-refractivity contribution in [1.29, 1.82) is 0 Å². The first-order valence-electron chi connectivity index (χ1n) is 6.04. The van der Waals surface area contributed by atoms with Gasteiger partial charge >= 0.3 is 0 Å². The van der Waals surface area contributed by atoms with Crippen LogP contribution in [-0.4, -0.2) is 25.1 Å². The average Bonchev–Trinajstić information content (AvgIpc) is 2.98. The van der Waals surface area contributed by atoms with Gasteiger partial charge in [0.15, 0.2) is 5.13 Å². The maximum Gasteiger partial charge on any atom is 0.225 e. The van der Waals surface area contributed by atoms with Gasteiger partial charge in [-0.25, -0.2) is 4.98 Å². The van der Waals surface area contributed by atoms with Gasteiger partial charge in [-0.2, -0.15) is 0 Å². The van der Waals surface area contributed by atoms with Gasteiger partial charge in [0.05, 0.1) is 20.8 Å². The van der Waals surface area contributed by atoms with Crippen LogP contribution in [0.1, 0.15) is 12.5 Å². The molecule has 2 aromatic rings. The lowest BCUT2D eigenvalue weighted by atomic mass is 10.2. The van der Waals surface area contributed by atoms with Gasteiger partial charge < -0.3 is 9.47 Å². The number of carbonyl (C=O) groups is 1. The highest BCUT2D eigenvalue weighted by Gasteiger charge is 2.17. The van der Waals surface area contributed by atoms with Crippen molar-refractivity contribution in [3.63, 3.8) is 0 Å². The maximum atomic E-state index is 11.8.